The fourth-order valence-corrected chi connectivity index (χ4v) is 1.58. The van der Waals surface area contributed by atoms with E-state index in [1.807, 2.05) is 22.6 Å². The Kier molecular flexibility index (Phi) is 4.10. The van der Waals surface area contributed by atoms with E-state index in [1.54, 1.807) is 18.5 Å². The Hall–Kier alpha value is -1.97. The average Bonchev–Trinajstić information content (AvgIpc) is 2.41. The lowest BCUT2D eigenvalue weighted by molar-refractivity contribution is -0.385. The van der Waals surface area contributed by atoms with Gasteiger partial charge in [-0.25, -0.2) is 9.97 Å². The van der Waals surface area contributed by atoms with Gasteiger partial charge in [-0.15, -0.1) is 0 Å². The highest BCUT2D eigenvalue weighted by molar-refractivity contribution is 14.1. The van der Waals surface area contributed by atoms with Gasteiger partial charge in [0.1, 0.15) is 5.75 Å². The maximum Gasteiger partial charge on any atom is 0.322 e. The van der Waals surface area contributed by atoms with E-state index in [0.29, 0.717) is 5.75 Å². The van der Waals surface area contributed by atoms with Crippen LogP contribution in [0.2, 0.25) is 0 Å². The van der Waals surface area contributed by atoms with Gasteiger partial charge in [-0.05, 0) is 34.7 Å². The molecule has 98 valence electrons. The van der Waals surface area contributed by atoms with Crippen LogP contribution < -0.4 is 9.47 Å². The van der Waals surface area contributed by atoms with Crippen LogP contribution in [0.3, 0.4) is 0 Å². The lowest BCUT2D eigenvalue weighted by Crippen LogP contribution is -1.97. The molecule has 7 nitrogen and oxygen atoms in total. The molecule has 0 radical (unpaired) electrons. The van der Waals surface area contributed by atoms with Crippen molar-refractivity contribution in [2.45, 2.75) is 0 Å². The molecule has 1 aromatic carbocycles. The Labute approximate surface area is 121 Å². The van der Waals surface area contributed by atoms with Gasteiger partial charge in [0.15, 0.2) is 0 Å². The van der Waals surface area contributed by atoms with E-state index in [-0.39, 0.29) is 17.4 Å². The Morgan fingerprint density at radius 3 is 2.58 bits per heavy atom. The van der Waals surface area contributed by atoms with Crippen molar-refractivity contribution in [3.63, 3.8) is 0 Å². The summed E-state index contributed by atoms with van der Waals surface area (Å²) in [5.74, 6) is 0.439. The molecule has 2 rings (SSSR count). The molecule has 19 heavy (non-hydrogen) atoms. The van der Waals surface area contributed by atoms with Gasteiger partial charge >= 0.3 is 11.7 Å². The van der Waals surface area contributed by atoms with Crippen LogP contribution in [0, 0.1) is 13.7 Å². The number of nitro benzene ring substituents is 1. The van der Waals surface area contributed by atoms with Crippen LogP contribution in [-0.2, 0) is 0 Å². The Morgan fingerprint density at radius 2 is 2.00 bits per heavy atom. The van der Waals surface area contributed by atoms with Gasteiger partial charge in [0, 0.05) is 16.0 Å². The molecule has 0 atom stereocenters. The van der Waals surface area contributed by atoms with Crippen molar-refractivity contribution < 1.29 is 14.4 Å². The van der Waals surface area contributed by atoms with Crippen LogP contribution in [0.1, 0.15) is 0 Å². The van der Waals surface area contributed by atoms with Crippen molar-refractivity contribution >= 4 is 28.3 Å². The average molecular weight is 373 g/mol. The van der Waals surface area contributed by atoms with Crippen LogP contribution in [0.5, 0.6) is 17.5 Å². The standard InChI is InChI=1S/C11H8IN3O4/c1-18-8-2-3-10(9(4-8)15(16)17)19-11-13-5-7(12)6-14-11/h2-6H,1H3. The predicted octanol–water partition coefficient (Wildman–Crippen LogP) is 2.79. The third-order valence-electron chi connectivity index (χ3n) is 2.16. The molecule has 0 spiro atoms. The molecule has 0 amide bonds. The number of halogens is 1. The minimum Gasteiger partial charge on any atom is -0.496 e. The first-order valence-electron chi connectivity index (χ1n) is 5.08. The molecule has 0 N–H and O–H groups in total. The van der Waals surface area contributed by atoms with Gasteiger partial charge in [-0.2, -0.15) is 0 Å². The zero-order valence-electron chi connectivity index (χ0n) is 9.74. The van der Waals surface area contributed by atoms with Gasteiger partial charge in [0.25, 0.3) is 0 Å². The molecule has 0 unspecified atom stereocenters. The van der Waals surface area contributed by atoms with Crippen LogP contribution in [0.25, 0.3) is 0 Å². The maximum atomic E-state index is 11.0. The fraction of sp³-hybridized carbons (Fsp3) is 0.0909. The normalized spacial score (nSPS) is 10.0. The molecule has 0 fully saturated rings. The SMILES string of the molecule is COc1ccc(Oc2ncc(I)cn2)c([N+](=O)[O-])c1. The Bertz CT molecular complexity index is 603. The lowest BCUT2D eigenvalue weighted by Gasteiger charge is -2.05. The molecule has 2 aromatic rings. The summed E-state index contributed by atoms with van der Waals surface area (Å²) in [5, 5.41) is 11.0. The summed E-state index contributed by atoms with van der Waals surface area (Å²) in [7, 11) is 1.43. The molecule has 0 aliphatic carbocycles. The first-order valence-corrected chi connectivity index (χ1v) is 6.16. The molecule has 0 aliphatic rings. The summed E-state index contributed by atoms with van der Waals surface area (Å²) < 4.78 is 11.1. The maximum absolute atomic E-state index is 11.0. The van der Waals surface area contributed by atoms with E-state index in [9.17, 15) is 10.1 Å². The summed E-state index contributed by atoms with van der Waals surface area (Å²) in [4.78, 5) is 18.3. The van der Waals surface area contributed by atoms with Gasteiger partial charge in [-0.1, -0.05) is 0 Å². The van der Waals surface area contributed by atoms with Gasteiger partial charge in [0.05, 0.1) is 18.1 Å². The number of nitrogens with zero attached hydrogens (tertiary/aromatic N) is 3. The second kappa shape index (κ2) is 5.78. The Balaban J connectivity index is 2.33. The molecule has 0 aliphatic heterocycles. The van der Waals surface area contributed by atoms with E-state index < -0.39 is 4.92 Å². The largest absolute Gasteiger partial charge is 0.496 e. The van der Waals surface area contributed by atoms with E-state index in [0.717, 1.165) is 3.57 Å². The zero-order valence-corrected chi connectivity index (χ0v) is 11.9. The van der Waals surface area contributed by atoms with Crippen LogP contribution in [-0.4, -0.2) is 22.0 Å². The van der Waals surface area contributed by atoms with Crippen molar-refractivity contribution in [1.29, 1.82) is 0 Å². The van der Waals surface area contributed by atoms with Crippen molar-refractivity contribution in [2.24, 2.45) is 0 Å². The topological polar surface area (TPSA) is 87.4 Å². The van der Waals surface area contributed by atoms with E-state index in [1.165, 1.54) is 19.2 Å². The number of nitro groups is 1. The lowest BCUT2D eigenvalue weighted by atomic mass is 10.3. The quantitative estimate of drug-likeness (QED) is 0.465. The molecule has 0 bridgehead atoms. The second-order valence-corrected chi connectivity index (χ2v) is 4.62. The first kappa shape index (κ1) is 13.5. The van der Waals surface area contributed by atoms with E-state index >= 15 is 0 Å². The summed E-state index contributed by atoms with van der Waals surface area (Å²) in [6.45, 7) is 0. The van der Waals surface area contributed by atoms with Gasteiger partial charge in [0.2, 0.25) is 5.75 Å². The summed E-state index contributed by atoms with van der Waals surface area (Å²) in [5.41, 5.74) is -0.207. The number of benzene rings is 1. The molecule has 1 aromatic heterocycles. The summed E-state index contributed by atoms with van der Waals surface area (Å²) >= 11 is 2.05. The second-order valence-electron chi connectivity index (χ2n) is 3.38. The number of hydrogen-bond donors (Lipinski definition) is 0. The van der Waals surface area contributed by atoms with Gasteiger partial charge in [-0.3, -0.25) is 10.1 Å². The number of ether oxygens (including phenoxy) is 2. The molecule has 0 saturated carbocycles. The Morgan fingerprint density at radius 1 is 1.32 bits per heavy atom. The van der Waals surface area contributed by atoms with Crippen molar-refractivity contribution in [2.75, 3.05) is 7.11 Å². The van der Waals surface area contributed by atoms with E-state index in [2.05, 4.69) is 9.97 Å². The van der Waals surface area contributed by atoms with Gasteiger partial charge < -0.3 is 9.47 Å². The minimum absolute atomic E-state index is 0.0497. The first-order chi connectivity index (χ1) is 9.10. The number of aromatic nitrogens is 2. The highest BCUT2D eigenvalue weighted by atomic mass is 127. The zero-order chi connectivity index (χ0) is 13.8. The fourth-order valence-electron chi connectivity index (χ4n) is 1.30. The van der Waals surface area contributed by atoms with Crippen molar-refractivity contribution in [3.8, 4) is 17.5 Å². The third kappa shape index (κ3) is 3.28. The monoisotopic (exact) mass is 373 g/mol. The van der Waals surface area contributed by atoms with E-state index in [4.69, 9.17) is 9.47 Å². The predicted molar refractivity (Wildman–Crippen MR) is 74.5 cm³/mol. The summed E-state index contributed by atoms with van der Waals surface area (Å²) in [6.07, 6.45) is 3.11. The van der Waals surface area contributed by atoms with Crippen LogP contribution in [0.15, 0.2) is 30.6 Å². The number of rotatable bonds is 4. The molecular formula is C11H8IN3O4. The third-order valence-corrected chi connectivity index (χ3v) is 2.72. The highest BCUT2D eigenvalue weighted by Crippen LogP contribution is 2.33. The van der Waals surface area contributed by atoms with Crippen molar-refractivity contribution in [1.82, 2.24) is 9.97 Å². The number of hydrogen-bond acceptors (Lipinski definition) is 6. The highest BCUT2D eigenvalue weighted by Gasteiger charge is 2.18. The molecule has 0 saturated heterocycles. The molecular weight excluding hydrogens is 365 g/mol. The molecule has 8 heteroatoms. The van der Waals surface area contributed by atoms with Crippen LogP contribution >= 0.6 is 22.6 Å². The summed E-state index contributed by atoms with van der Waals surface area (Å²) in [6, 6.07) is 4.34. The number of methoxy groups -OCH3 is 1. The van der Waals surface area contributed by atoms with Crippen LogP contribution in [0.4, 0.5) is 5.69 Å². The minimum atomic E-state index is -0.551. The smallest absolute Gasteiger partial charge is 0.322 e. The molecule has 1 heterocycles. The van der Waals surface area contributed by atoms with Crippen molar-refractivity contribution in [3.05, 3.63) is 44.3 Å².